The summed E-state index contributed by atoms with van der Waals surface area (Å²) in [5, 5.41) is 4.90. The lowest BCUT2D eigenvalue weighted by Crippen LogP contribution is -2.35. The van der Waals surface area contributed by atoms with Crippen molar-refractivity contribution >= 4 is 44.8 Å². The molecule has 0 radical (unpaired) electrons. The van der Waals surface area contributed by atoms with E-state index < -0.39 is 28.3 Å². The highest BCUT2D eigenvalue weighted by molar-refractivity contribution is 7.89. The number of benzene rings is 2. The lowest BCUT2D eigenvalue weighted by Gasteiger charge is -2.22. The zero-order valence-corrected chi connectivity index (χ0v) is 17.0. The first-order valence-corrected chi connectivity index (χ1v) is 10.2. The molecule has 29 heavy (non-hydrogen) atoms. The Morgan fingerprint density at radius 1 is 1.34 bits per heavy atom. The Morgan fingerprint density at radius 3 is 2.76 bits per heavy atom. The first-order valence-electron chi connectivity index (χ1n) is 8.36. The summed E-state index contributed by atoms with van der Waals surface area (Å²) in [6.45, 7) is 0.877. The summed E-state index contributed by atoms with van der Waals surface area (Å²) in [7, 11) is -2.77. The summed E-state index contributed by atoms with van der Waals surface area (Å²) in [4.78, 5) is 23.6. The van der Waals surface area contributed by atoms with Gasteiger partial charge < -0.3 is 15.4 Å². The van der Waals surface area contributed by atoms with Gasteiger partial charge in [0.15, 0.2) is 6.61 Å². The van der Waals surface area contributed by atoms with Gasteiger partial charge in [0.2, 0.25) is 15.9 Å². The molecule has 2 aromatic rings. The third-order valence-corrected chi connectivity index (χ3v) is 6.40. The number of ether oxygens (including phenoxy) is 1. The summed E-state index contributed by atoms with van der Waals surface area (Å²) >= 11 is 5.67. The van der Waals surface area contributed by atoms with E-state index in [1.165, 1.54) is 31.3 Å². The molecular formula is C18H17ClFN3O5S. The maximum Gasteiger partial charge on any atom is 0.262 e. The van der Waals surface area contributed by atoms with Crippen molar-refractivity contribution in [3.05, 3.63) is 46.7 Å². The van der Waals surface area contributed by atoms with E-state index in [1.54, 1.807) is 6.92 Å². The number of fused-ring (bicyclic) bond motifs is 1. The van der Waals surface area contributed by atoms with E-state index in [2.05, 4.69) is 10.6 Å². The second-order valence-corrected chi connectivity index (χ2v) is 8.81. The van der Waals surface area contributed by atoms with Crippen molar-refractivity contribution in [3.63, 3.8) is 0 Å². The van der Waals surface area contributed by atoms with E-state index in [4.69, 9.17) is 16.3 Å². The predicted octanol–water partition coefficient (Wildman–Crippen LogP) is 2.38. The Morgan fingerprint density at radius 2 is 2.07 bits per heavy atom. The molecule has 11 heteroatoms. The Balaban J connectivity index is 1.77. The van der Waals surface area contributed by atoms with E-state index in [0.717, 1.165) is 10.4 Å². The minimum atomic E-state index is -4.03. The van der Waals surface area contributed by atoms with Crippen LogP contribution < -0.4 is 15.4 Å². The molecule has 0 aliphatic carbocycles. The molecule has 3 rings (SSSR count). The molecule has 0 saturated carbocycles. The lowest BCUT2D eigenvalue weighted by molar-refractivity contribution is -0.118. The molecule has 1 aliphatic heterocycles. The molecule has 8 nitrogen and oxygen atoms in total. The van der Waals surface area contributed by atoms with Gasteiger partial charge in [-0.2, -0.15) is 4.31 Å². The fraction of sp³-hybridized carbons (Fsp3) is 0.222. The van der Waals surface area contributed by atoms with E-state index in [1.807, 2.05) is 0 Å². The van der Waals surface area contributed by atoms with E-state index >= 15 is 0 Å². The van der Waals surface area contributed by atoms with Gasteiger partial charge in [-0.1, -0.05) is 11.6 Å². The summed E-state index contributed by atoms with van der Waals surface area (Å²) in [5.41, 5.74) is 1.000. The number of carbonyl (C=O) groups excluding carboxylic acids is 2. The van der Waals surface area contributed by atoms with Gasteiger partial charge in [-0.05, 0) is 36.8 Å². The standard InChI is InChI=1S/C18H17ClFN3O5S/c1-10-5-14-15(28-9-18(25)22-14)7-16(10)29(26,27)23(2)8-17(24)21-11-3-4-13(20)12(19)6-11/h3-7H,8-9H2,1-2H3,(H,21,24)(H,22,25). The molecule has 2 amide bonds. The van der Waals surface area contributed by atoms with Gasteiger partial charge in [0.1, 0.15) is 11.6 Å². The van der Waals surface area contributed by atoms with Crippen molar-refractivity contribution in [2.45, 2.75) is 11.8 Å². The molecule has 1 heterocycles. The Bertz CT molecular complexity index is 1110. The smallest absolute Gasteiger partial charge is 0.262 e. The average Bonchev–Trinajstić information content (AvgIpc) is 2.63. The van der Waals surface area contributed by atoms with Crippen molar-refractivity contribution in [1.29, 1.82) is 0 Å². The van der Waals surface area contributed by atoms with Crippen molar-refractivity contribution in [2.75, 3.05) is 30.8 Å². The van der Waals surface area contributed by atoms with Gasteiger partial charge in [0.05, 0.1) is 22.2 Å². The van der Waals surface area contributed by atoms with Crippen LogP contribution in [0.1, 0.15) is 5.56 Å². The normalized spacial score (nSPS) is 13.5. The maximum absolute atomic E-state index is 13.2. The number of aryl methyl sites for hydroxylation is 1. The predicted molar refractivity (Wildman–Crippen MR) is 105 cm³/mol. The van der Waals surface area contributed by atoms with Gasteiger partial charge >= 0.3 is 0 Å². The summed E-state index contributed by atoms with van der Waals surface area (Å²) < 4.78 is 45.2. The van der Waals surface area contributed by atoms with Crippen molar-refractivity contribution < 1.29 is 27.1 Å². The topological polar surface area (TPSA) is 105 Å². The molecule has 0 unspecified atom stereocenters. The molecule has 1 aliphatic rings. The van der Waals surface area contributed by atoms with Gasteiger partial charge in [-0.3, -0.25) is 9.59 Å². The van der Waals surface area contributed by atoms with Crippen LogP contribution in [0.25, 0.3) is 0 Å². The molecule has 0 aromatic heterocycles. The number of hydrogen-bond acceptors (Lipinski definition) is 5. The van der Waals surface area contributed by atoms with Crippen molar-refractivity contribution in [2.24, 2.45) is 0 Å². The quantitative estimate of drug-likeness (QED) is 0.741. The SMILES string of the molecule is Cc1cc2c(cc1S(=O)(=O)N(C)CC(=O)Nc1ccc(F)c(Cl)c1)OCC(=O)N2. The van der Waals surface area contributed by atoms with Crippen LogP contribution in [0.3, 0.4) is 0 Å². The van der Waals surface area contributed by atoms with Gasteiger partial charge in [-0.25, -0.2) is 12.8 Å². The molecule has 0 bridgehead atoms. The van der Waals surface area contributed by atoms with Gasteiger partial charge in [0.25, 0.3) is 5.91 Å². The zero-order valence-electron chi connectivity index (χ0n) is 15.5. The number of likely N-dealkylation sites (N-methyl/N-ethyl adjacent to an activating group) is 1. The number of nitrogens with one attached hydrogen (secondary N) is 2. The number of rotatable bonds is 5. The number of amides is 2. The largest absolute Gasteiger partial charge is 0.482 e. The highest BCUT2D eigenvalue weighted by Crippen LogP contribution is 2.33. The highest BCUT2D eigenvalue weighted by Gasteiger charge is 2.28. The van der Waals surface area contributed by atoms with E-state index in [9.17, 15) is 22.4 Å². The van der Waals surface area contributed by atoms with Crippen LogP contribution in [0.5, 0.6) is 5.75 Å². The molecule has 154 valence electrons. The molecule has 0 atom stereocenters. The molecule has 2 N–H and O–H groups in total. The van der Waals surface area contributed by atoms with Crippen LogP contribution in [-0.4, -0.2) is 44.7 Å². The van der Waals surface area contributed by atoms with E-state index in [0.29, 0.717) is 11.3 Å². The Labute approximate surface area is 171 Å². The van der Waals surface area contributed by atoms with Crippen LogP contribution in [0, 0.1) is 12.7 Å². The Hall–Kier alpha value is -2.69. The molecular weight excluding hydrogens is 425 g/mol. The molecule has 0 fully saturated rings. The minimum absolute atomic E-state index is 0.0486. The second-order valence-electron chi connectivity index (χ2n) is 6.39. The monoisotopic (exact) mass is 441 g/mol. The maximum atomic E-state index is 13.2. The molecule has 2 aromatic carbocycles. The fourth-order valence-electron chi connectivity index (χ4n) is 2.72. The number of anilines is 2. The third kappa shape index (κ3) is 4.50. The van der Waals surface area contributed by atoms with Crippen LogP contribution >= 0.6 is 11.6 Å². The number of halogens is 2. The summed E-state index contributed by atoms with van der Waals surface area (Å²) in [6, 6.07) is 6.43. The Kier molecular flexibility index (Phi) is 5.78. The number of sulfonamides is 1. The first-order chi connectivity index (χ1) is 13.6. The van der Waals surface area contributed by atoms with Gasteiger partial charge in [0, 0.05) is 18.8 Å². The number of hydrogen-bond donors (Lipinski definition) is 2. The average molecular weight is 442 g/mol. The van der Waals surface area contributed by atoms with Crippen molar-refractivity contribution in [1.82, 2.24) is 4.31 Å². The van der Waals surface area contributed by atoms with Crippen molar-refractivity contribution in [3.8, 4) is 5.75 Å². The van der Waals surface area contributed by atoms with E-state index in [-0.39, 0.29) is 33.9 Å². The fourth-order valence-corrected chi connectivity index (χ4v) is 4.25. The van der Waals surface area contributed by atoms with Gasteiger partial charge in [-0.15, -0.1) is 0 Å². The summed E-state index contributed by atoms with van der Waals surface area (Å²) in [5.74, 6) is -1.36. The van der Waals surface area contributed by atoms with Crippen LogP contribution in [-0.2, 0) is 19.6 Å². The van der Waals surface area contributed by atoms with Crippen LogP contribution in [0.2, 0.25) is 5.02 Å². The highest BCUT2D eigenvalue weighted by atomic mass is 35.5. The number of carbonyl (C=O) groups is 2. The molecule has 0 saturated heterocycles. The second kappa shape index (κ2) is 7.97. The first kappa shape index (κ1) is 21.0. The summed E-state index contributed by atoms with van der Waals surface area (Å²) in [6.07, 6.45) is 0. The number of nitrogens with zero attached hydrogens (tertiary/aromatic N) is 1. The van der Waals surface area contributed by atoms with Crippen LogP contribution in [0.4, 0.5) is 15.8 Å². The third-order valence-electron chi connectivity index (χ3n) is 4.17. The molecule has 0 spiro atoms. The minimum Gasteiger partial charge on any atom is -0.482 e. The van der Waals surface area contributed by atoms with Crippen LogP contribution in [0.15, 0.2) is 35.2 Å². The lowest BCUT2D eigenvalue weighted by atomic mass is 10.2. The zero-order chi connectivity index (χ0) is 21.3.